The summed E-state index contributed by atoms with van der Waals surface area (Å²) < 4.78 is 30.5. The summed E-state index contributed by atoms with van der Waals surface area (Å²) in [5, 5.41) is 0.241. The van der Waals surface area contributed by atoms with E-state index in [1.807, 2.05) is 24.3 Å². The highest BCUT2D eigenvalue weighted by Gasteiger charge is 2.30. The molecule has 0 spiro atoms. The van der Waals surface area contributed by atoms with Gasteiger partial charge in [-0.2, -0.15) is 0 Å². The predicted octanol–water partition coefficient (Wildman–Crippen LogP) is 4.27. The molecule has 0 bridgehead atoms. The smallest absolute Gasteiger partial charge is 0.304 e. The standard InChI is InChI=1S/C21H16BrClN4O3S/c22-14-10-17-20(24-12-14)27(21(28)25-17)19-11-15(7-8-16(19)23)31(29,30)26-9-3-5-13-4-1-2-6-18(13)26/h1-2,4,6-8,10-12H,3,5,9H2,(H,25,28). The first-order chi connectivity index (χ1) is 14.9. The van der Waals surface area contributed by atoms with Crippen molar-refractivity contribution in [3.05, 3.63) is 80.3 Å². The van der Waals surface area contributed by atoms with Gasteiger partial charge in [-0.1, -0.05) is 29.8 Å². The first-order valence-electron chi connectivity index (χ1n) is 9.53. The van der Waals surface area contributed by atoms with Crippen molar-refractivity contribution in [3.8, 4) is 5.69 Å². The number of aromatic amines is 1. The molecule has 0 radical (unpaired) electrons. The summed E-state index contributed by atoms with van der Waals surface area (Å²) in [7, 11) is -3.86. The van der Waals surface area contributed by atoms with Crippen LogP contribution in [0.4, 0.5) is 5.69 Å². The highest BCUT2D eigenvalue weighted by atomic mass is 79.9. The van der Waals surface area contributed by atoms with Gasteiger partial charge in [0, 0.05) is 17.2 Å². The average Bonchev–Trinajstić information content (AvgIpc) is 3.08. The second kappa shape index (κ2) is 7.51. The lowest BCUT2D eigenvalue weighted by Crippen LogP contribution is -2.35. The van der Waals surface area contributed by atoms with E-state index in [0.717, 1.165) is 18.4 Å². The topological polar surface area (TPSA) is 88.1 Å². The number of rotatable bonds is 3. The normalized spacial score (nSPS) is 14.1. The quantitative estimate of drug-likeness (QED) is 0.438. The number of nitrogens with one attached hydrogen (secondary N) is 1. The number of anilines is 1. The molecule has 2 aromatic carbocycles. The van der Waals surface area contributed by atoms with E-state index in [4.69, 9.17) is 11.6 Å². The molecule has 4 aromatic rings. The Balaban J connectivity index is 1.67. The van der Waals surface area contributed by atoms with Crippen LogP contribution in [0.5, 0.6) is 0 Å². The number of nitrogens with zero attached hydrogens (tertiary/aromatic N) is 3. The Hall–Kier alpha value is -2.62. The van der Waals surface area contributed by atoms with E-state index in [-0.39, 0.29) is 15.6 Å². The second-order valence-corrected chi connectivity index (χ2v) is 10.4. The van der Waals surface area contributed by atoms with Crippen LogP contribution < -0.4 is 9.99 Å². The number of hydrogen-bond acceptors (Lipinski definition) is 4. The Morgan fingerprint density at radius 3 is 2.74 bits per heavy atom. The van der Waals surface area contributed by atoms with Gasteiger partial charge in [-0.25, -0.2) is 22.8 Å². The number of H-pyrrole nitrogens is 1. The number of imidazole rings is 1. The van der Waals surface area contributed by atoms with Crippen molar-refractivity contribution >= 4 is 54.4 Å². The lowest BCUT2D eigenvalue weighted by molar-refractivity contribution is 0.586. The summed E-state index contributed by atoms with van der Waals surface area (Å²) in [6.07, 6.45) is 3.13. The van der Waals surface area contributed by atoms with Gasteiger partial charge in [-0.05, 0) is 64.7 Å². The number of aryl methyl sites for hydroxylation is 1. The Bertz CT molecular complexity index is 1500. The zero-order valence-corrected chi connectivity index (χ0v) is 19.2. The Labute approximate surface area is 191 Å². The molecule has 2 aromatic heterocycles. The number of fused-ring (bicyclic) bond motifs is 2. The maximum Gasteiger partial charge on any atom is 0.332 e. The molecule has 7 nitrogen and oxygen atoms in total. The molecule has 1 aliphatic heterocycles. The summed E-state index contributed by atoms with van der Waals surface area (Å²) in [6, 6.07) is 13.6. The number of benzene rings is 2. The van der Waals surface area contributed by atoms with E-state index >= 15 is 0 Å². The van der Waals surface area contributed by atoms with Gasteiger partial charge in [0.2, 0.25) is 0 Å². The zero-order chi connectivity index (χ0) is 21.8. The van der Waals surface area contributed by atoms with Gasteiger partial charge in [0.1, 0.15) is 0 Å². The van der Waals surface area contributed by atoms with Crippen LogP contribution in [0, 0.1) is 0 Å². The average molecular weight is 520 g/mol. The van der Waals surface area contributed by atoms with Gasteiger partial charge in [-0.15, -0.1) is 0 Å². The van der Waals surface area contributed by atoms with Crippen LogP contribution in [-0.4, -0.2) is 29.5 Å². The highest BCUT2D eigenvalue weighted by Crippen LogP contribution is 2.33. The van der Waals surface area contributed by atoms with Crippen LogP contribution in [0.15, 0.2) is 68.9 Å². The van der Waals surface area contributed by atoms with Gasteiger partial charge < -0.3 is 4.98 Å². The first kappa shape index (κ1) is 20.3. The SMILES string of the molecule is O=c1[nH]c2cc(Br)cnc2n1-c1cc(S(=O)(=O)N2CCCc3ccccc32)ccc1Cl. The van der Waals surface area contributed by atoms with E-state index < -0.39 is 15.7 Å². The van der Waals surface area contributed by atoms with Crippen LogP contribution in [-0.2, 0) is 16.4 Å². The fraction of sp³-hybridized carbons (Fsp3) is 0.143. The first-order valence-corrected chi connectivity index (χ1v) is 12.1. The van der Waals surface area contributed by atoms with Crippen LogP contribution in [0.2, 0.25) is 5.02 Å². The van der Waals surface area contributed by atoms with E-state index in [2.05, 4.69) is 25.9 Å². The molecule has 31 heavy (non-hydrogen) atoms. The second-order valence-electron chi connectivity index (χ2n) is 7.21. The highest BCUT2D eigenvalue weighted by molar-refractivity contribution is 9.10. The summed E-state index contributed by atoms with van der Waals surface area (Å²) in [5.74, 6) is 0. The number of aromatic nitrogens is 3. The van der Waals surface area contributed by atoms with Crippen LogP contribution in [0.25, 0.3) is 16.9 Å². The molecule has 0 atom stereocenters. The fourth-order valence-corrected chi connectivity index (χ4v) is 5.99. The van der Waals surface area contributed by atoms with Crippen molar-refractivity contribution in [2.24, 2.45) is 0 Å². The molecule has 0 saturated heterocycles. The molecule has 0 fully saturated rings. The number of pyridine rings is 1. The Kier molecular flexibility index (Phi) is 4.91. The Morgan fingerprint density at radius 2 is 1.90 bits per heavy atom. The van der Waals surface area contributed by atoms with Crippen LogP contribution in [0.3, 0.4) is 0 Å². The van der Waals surface area contributed by atoms with E-state index in [0.29, 0.717) is 27.9 Å². The van der Waals surface area contributed by atoms with Crippen molar-refractivity contribution in [2.45, 2.75) is 17.7 Å². The number of sulfonamides is 1. The lowest BCUT2D eigenvalue weighted by atomic mass is 10.0. The van der Waals surface area contributed by atoms with Gasteiger partial charge in [-0.3, -0.25) is 4.31 Å². The maximum absolute atomic E-state index is 13.5. The molecular weight excluding hydrogens is 504 g/mol. The molecular formula is C21H16BrClN4O3S. The molecule has 0 saturated carbocycles. The molecule has 0 amide bonds. The Morgan fingerprint density at radius 1 is 1.10 bits per heavy atom. The van der Waals surface area contributed by atoms with Crippen molar-refractivity contribution in [1.29, 1.82) is 0 Å². The molecule has 0 aliphatic carbocycles. The zero-order valence-electron chi connectivity index (χ0n) is 16.0. The molecule has 1 aliphatic rings. The summed E-state index contributed by atoms with van der Waals surface area (Å²) in [4.78, 5) is 19.7. The maximum atomic E-state index is 13.5. The minimum Gasteiger partial charge on any atom is -0.304 e. The fourth-order valence-electron chi connectivity index (χ4n) is 3.89. The number of halogens is 2. The minimum absolute atomic E-state index is 0.0574. The third-order valence-corrected chi connectivity index (χ3v) is 7.87. The van der Waals surface area contributed by atoms with Crippen LogP contribution in [0.1, 0.15) is 12.0 Å². The summed E-state index contributed by atoms with van der Waals surface area (Å²) in [5.41, 5.74) is 2.33. The van der Waals surface area contributed by atoms with E-state index in [1.54, 1.807) is 12.3 Å². The van der Waals surface area contributed by atoms with E-state index in [1.165, 1.54) is 27.1 Å². The van der Waals surface area contributed by atoms with E-state index in [9.17, 15) is 13.2 Å². The molecule has 5 rings (SSSR count). The van der Waals surface area contributed by atoms with Crippen molar-refractivity contribution in [3.63, 3.8) is 0 Å². The third kappa shape index (κ3) is 3.37. The summed E-state index contributed by atoms with van der Waals surface area (Å²) >= 11 is 9.72. The largest absolute Gasteiger partial charge is 0.332 e. The molecule has 3 heterocycles. The monoisotopic (exact) mass is 518 g/mol. The number of hydrogen-bond donors (Lipinski definition) is 1. The van der Waals surface area contributed by atoms with Gasteiger partial charge in [0.05, 0.1) is 26.8 Å². The van der Waals surface area contributed by atoms with Crippen molar-refractivity contribution < 1.29 is 8.42 Å². The van der Waals surface area contributed by atoms with Gasteiger partial charge >= 0.3 is 5.69 Å². The van der Waals surface area contributed by atoms with Crippen LogP contribution >= 0.6 is 27.5 Å². The number of para-hydroxylation sites is 1. The third-order valence-electron chi connectivity index (χ3n) is 5.30. The molecule has 158 valence electrons. The van der Waals surface area contributed by atoms with Crippen molar-refractivity contribution in [2.75, 3.05) is 10.8 Å². The summed E-state index contributed by atoms with van der Waals surface area (Å²) in [6.45, 7) is 0.389. The predicted molar refractivity (Wildman–Crippen MR) is 124 cm³/mol. The minimum atomic E-state index is -3.86. The lowest BCUT2D eigenvalue weighted by Gasteiger charge is -2.30. The van der Waals surface area contributed by atoms with Gasteiger partial charge in [0.25, 0.3) is 10.0 Å². The molecule has 10 heteroatoms. The molecule has 1 N–H and O–H groups in total. The van der Waals surface area contributed by atoms with Crippen molar-refractivity contribution in [1.82, 2.24) is 14.5 Å². The van der Waals surface area contributed by atoms with Gasteiger partial charge in [0.15, 0.2) is 5.65 Å². The molecule has 0 unspecified atom stereocenters.